The molecule has 4 heteroatoms. The molecule has 0 saturated carbocycles. The Labute approximate surface area is 120 Å². The Morgan fingerprint density at radius 2 is 2.05 bits per heavy atom. The van der Waals surface area contributed by atoms with Crippen LogP contribution in [0.15, 0.2) is 30.7 Å². The predicted octanol–water partition coefficient (Wildman–Crippen LogP) is 3.34. The number of hydrogen-bond donors (Lipinski definition) is 1. The third-order valence-corrected chi connectivity index (χ3v) is 3.44. The van der Waals surface area contributed by atoms with E-state index in [2.05, 4.69) is 43.2 Å². The molecule has 0 atom stereocenters. The average Bonchev–Trinajstić information content (AvgIpc) is 2.80. The fourth-order valence-corrected chi connectivity index (χ4v) is 2.05. The number of aromatic nitrogens is 2. The Kier molecular flexibility index (Phi) is 4.02. The molecule has 2 aromatic rings. The summed E-state index contributed by atoms with van der Waals surface area (Å²) >= 11 is 0. The Morgan fingerprint density at radius 3 is 2.60 bits per heavy atom. The molecule has 1 heterocycles. The minimum absolute atomic E-state index is 0.120. The van der Waals surface area contributed by atoms with Crippen LogP contribution in [-0.2, 0) is 19.0 Å². The van der Waals surface area contributed by atoms with Crippen molar-refractivity contribution in [2.24, 2.45) is 7.05 Å². The zero-order valence-electron chi connectivity index (χ0n) is 12.9. The van der Waals surface area contributed by atoms with Gasteiger partial charge in [-0.25, -0.2) is 4.98 Å². The summed E-state index contributed by atoms with van der Waals surface area (Å²) in [5.74, 6) is 0.861. The van der Waals surface area contributed by atoms with Gasteiger partial charge >= 0.3 is 0 Å². The molecule has 20 heavy (non-hydrogen) atoms. The number of imidazole rings is 1. The van der Waals surface area contributed by atoms with Crippen molar-refractivity contribution >= 4 is 5.69 Å². The topological polar surface area (TPSA) is 39.1 Å². The number of hydrogen-bond acceptors (Lipinski definition) is 3. The van der Waals surface area contributed by atoms with Crippen LogP contribution < -0.4 is 10.1 Å². The van der Waals surface area contributed by atoms with Crippen molar-refractivity contribution in [2.75, 3.05) is 12.4 Å². The Bertz CT molecular complexity index is 582. The van der Waals surface area contributed by atoms with Crippen molar-refractivity contribution in [3.8, 4) is 5.75 Å². The average molecular weight is 273 g/mol. The van der Waals surface area contributed by atoms with E-state index in [1.165, 1.54) is 5.56 Å². The second kappa shape index (κ2) is 5.57. The van der Waals surface area contributed by atoms with Crippen LogP contribution in [0.4, 0.5) is 5.69 Å². The Hall–Kier alpha value is -1.97. The lowest BCUT2D eigenvalue weighted by Gasteiger charge is -2.21. The third-order valence-electron chi connectivity index (χ3n) is 3.44. The van der Waals surface area contributed by atoms with Crippen LogP contribution in [0.25, 0.3) is 0 Å². The van der Waals surface area contributed by atoms with Crippen molar-refractivity contribution in [3.05, 3.63) is 42.0 Å². The maximum absolute atomic E-state index is 5.43. The molecule has 1 N–H and O–H groups in total. The van der Waals surface area contributed by atoms with Gasteiger partial charge in [-0.1, -0.05) is 26.8 Å². The summed E-state index contributed by atoms with van der Waals surface area (Å²) in [6.07, 6.45) is 3.67. The predicted molar refractivity (Wildman–Crippen MR) is 82.2 cm³/mol. The maximum Gasteiger partial charge on any atom is 0.141 e. The van der Waals surface area contributed by atoms with E-state index in [0.717, 1.165) is 23.7 Å². The third kappa shape index (κ3) is 3.13. The van der Waals surface area contributed by atoms with Gasteiger partial charge in [0, 0.05) is 13.2 Å². The Morgan fingerprint density at radius 1 is 1.30 bits per heavy atom. The first-order chi connectivity index (χ1) is 9.41. The highest BCUT2D eigenvalue weighted by molar-refractivity contribution is 5.59. The number of methoxy groups -OCH3 is 1. The smallest absolute Gasteiger partial charge is 0.141 e. The van der Waals surface area contributed by atoms with Crippen LogP contribution in [0.2, 0.25) is 0 Å². The van der Waals surface area contributed by atoms with Gasteiger partial charge in [0.2, 0.25) is 0 Å². The normalized spacial score (nSPS) is 11.4. The first-order valence-electron chi connectivity index (χ1n) is 6.79. The largest absolute Gasteiger partial charge is 0.495 e. The summed E-state index contributed by atoms with van der Waals surface area (Å²) in [6.45, 7) is 7.35. The minimum atomic E-state index is 0.120. The number of benzene rings is 1. The van der Waals surface area contributed by atoms with Gasteiger partial charge in [0.15, 0.2) is 0 Å². The van der Waals surface area contributed by atoms with Gasteiger partial charge in [0.1, 0.15) is 5.75 Å². The molecule has 0 spiro atoms. The highest BCUT2D eigenvalue weighted by Crippen LogP contribution is 2.31. The number of rotatable bonds is 4. The molecule has 0 amide bonds. The van der Waals surface area contributed by atoms with Crippen molar-refractivity contribution < 1.29 is 4.74 Å². The van der Waals surface area contributed by atoms with E-state index >= 15 is 0 Å². The molecule has 0 fully saturated rings. The van der Waals surface area contributed by atoms with E-state index in [1.54, 1.807) is 13.4 Å². The molecule has 0 unspecified atom stereocenters. The highest BCUT2D eigenvalue weighted by atomic mass is 16.5. The number of ether oxygens (including phenoxy) is 1. The van der Waals surface area contributed by atoms with Crippen LogP contribution in [0.5, 0.6) is 5.75 Å². The molecule has 1 aromatic carbocycles. The summed E-state index contributed by atoms with van der Waals surface area (Å²) in [5, 5.41) is 3.43. The van der Waals surface area contributed by atoms with E-state index in [1.807, 2.05) is 23.9 Å². The number of nitrogens with one attached hydrogen (secondary N) is 1. The SMILES string of the molecule is COc1ccc(C(C)(C)C)cc1NCc1cncn1C. The van der Waals surface area contributed by atoms with Gasteiger partial charge in [-0.15, -0.1) is 0 Å². The summed E-state index contributed by atoms with van der Waals surface area (Å²) < 4.78 is 7.44. The zero-order chi connectivity index (χ0) is 14.8. The lowest BCUT2D eigenvalue weighted by Crippen LogP contribution is -2.12. The van der Waals surface area contributed by atoms with Crippen molar-refractivity contribution in [3.63, 3.8) is 0 Å². The second-order valence-corrected chi connectivity index (χ2v) is 6.01. The molecule has 0 aliphatic heterocycles. The van der Waals surface area contributed by atoms with Crippen molar-refractivity contribution in [1.29, 1.82) is 0 Å². The van der Waals surface area contributed by atoms with Gasteiger partial charge in [-0.05, 0) is 23.1 Å². The van der Waals surface area contributed by atoms with E-state index in [-0.39, 0.29) is 5.41 Å². The van der Waals surface area contributed by atoms with E-state index in [0.29, 0.717) is 0 Å². The monoisotopic (exact) mass is 273 g/mol. The van der Waals surface area contributed by atoms with Crippen LogP contribution in [0.3, 0.4) is 0 Å². The molecule has 0 saturated heterocycles. The van der Waals surface area contributed by atoms with Gasteiger partial charge in [0.25, 0.3) is 0 Å². The number of anilines is 1. The molecular weight excluding hydrogens is 250 g/mol. The summed E-state index contributed by atoms with van der Waals surface area (Å²) in [5.41, 5.74) is 3.55. The fourth-order valence-electron chi connectivity index (χ4n) is 2.05. The van der Waals surface area contributed by atoms with E-state index < -0.39 is 0 Å². The van der Waals surface area contributed by atoms with Crippen LogP contribution >= 0.6 is 0 Å². The van der Waals surface area contributed by atoms with Gasteiger partial charge < -0.3 is 14.6 Å². The van der Waals surface area contributed by atoms with E-state index in [4.69, 9.17) is 4.74 Å². The molecule has 108 valence electrons. The first kappa shape index (κ1) is 14.4. The van der Waals surface area contributed by atoms with Gasteiger partial charge in [-0.2, -0.15) is 0 Å². The summed E-state index contributed by atoms with van der Waals surface area (Å²) in [4.78, 5) is 4.13. The first-order valence-corrected chi connectivity index (χ1v) is 6.79. The Balaban J connectivity index is 2.23. The van der Waals surface area contributed by atoms with Crippen molar-refractivity contribution in [1.82, 2.24) is 9.55 Å². The van der Waals surface area contributed by atoms with Gasteiger partial charge in [-0.3, -0.25) is 0 Å². The van der Waals surface area contributed by atoms with Crippen molar-refractivity contribution in [2.45, 2.75) is 32.7 Å². The van der Waals surface area contributed by atoms with Crippen LogP contribution in [0.1, 0.15) is 32.0 Å². The molecular formula is C16H23N3O. The number of nitrogens with zero attached hydrogens (tertiary/aromatic N) is 2. The van der Waals surface area contributed by atoms with Gasteiger partial charge in [0.05, 0.1) is 31.4 Å². The number of aryl methyl sites for hydroxylation is 1. The quantitative estimate of drug-likeness (QED) is 0.928. The molecule has 0 aliphatic carbocycles. The highest BCUT2D eigenvalue weighted by Gasteiger charge is 2.16. The zero-order valence-corrected chi connectivity index (χ0v) is 12.9. The lowest BCUT2D eigenvalue weighted by atomic mass is 9.87. The molecule has 4 nitrogen and oxygen atoms in total. The molecule has 0 radical (unpaired) electrons. The fraction of sp³-hybridized carbons (Fsp3) is 0.438. The lowest BCUT2D eigenvalue weighted by molar-refractivity contribution is 0.416. The molecule has 2 rings (SSSR count). The molecule has 0 aliphatic rings. The van der Waals surface area contributed by atoms with Crippen LogP contribution in [-0.4, -0.2) is 16.7 Å². The maximum atomic E-state index is 5.43. The minimum Gasteiger partial charge on any atom is -0.495 e. The summed E-state index contributed by atoms with van der Waals surface area (Å²) in [7, 11) is 3.69. The summed E-state index contributed by atoms with van der Waals surface area (Å²) in [6, 6.07) is 6.30. The second-order valence-electron chi connectivity index (χ2n) is 6.01. The van der Waals surface area contributed by atoms with Crippen LogP contribution in [0, 0.1) is 0 Å². The molecule has 0 bridgehead atoms. The molecule has 1 aromatic heterocycles. The van der Waals surface area contributed by atoms with E-state index in [9.17, 15) is 0 Å². The standard InChI is InChI=1S/C16H23N3O/c1-16(2,3)12-6-7-15(20-5)14(8-12)18-10-13-9-17-11-19(13)4/h6-9,11,18H,10H2,1-5H3.